The average molecular weight is 414 g/mol. The number of fused-ring (bicyclic) bond motifs is 1. The highest BCUT2D eigenvalue weighted by Gasteiger charge is 2.46. The molecule has 2 aliphatic heterocycles. The van der Waals surface area contributed by atoms with Crippen molar-refractivity contribution >= 4 is 22.6 Å². The molecular formula is C20H22N4O4S. The molecule has 3 heterocycles. The fourth-order valence-electron chi connectivity index (χ4n) is 3.90. The summed E-state index contributed by atoms with van der Waals surface area (Å²) in [5.74, 6) is 0.598. The molecule has 0 amide bonds. The molecule has 0 unspecified atom stereocenters. The van der Waals surface area contributed by atoms with Crippen LogP contribution in [-0.2, 0) is 0 Å². The highest BCUT2D eigenvalue weighted by atomic mass is 32.2. The monoisotopic (exact) mass is 414 g/mol. The molecule has 4 rings (SSSR count). The van der Waals surface area contributed by atoms with Crippen LogP contribution in [0, 0.1) is 10.1 Å². The van der Waals surface area contributed by atoms with E-state index >= 15 is 0 Å². The number of aromatic nitrogens is 1. The molecule has 1 fully saturated rings. The Hall–Kier alpha value is -2.81. The van der Waals surface area contributed by atoms with E-state index in [9.17, 15) is 15.2 Å². The van der Waals surface area contributed by atoms with Gasteiger partial charge in [0.25, 0.3) is 0 Å². The minimum atomic E-state index is -0.579. The molecule has 0 spiro atoms. The van der Waals surface area contributed by atoms with E-state index in [1.165, 1.54) is 6.07 Å². The van der Waals surface area contributed by atoms with Crippen molar-refractivity contribution in [2.45, 2.75) is 38.4 Å². The second kappa shape index (κ2) is 7.90. The van der Waals surface area contributed by atoms with E-state index in [0.717, 1.165) is 23.0 Å². The molecule has 9 heteroatoms. The van der Waals surface area contributed by atoms with Gasteiger partial charge >= 0.3 is 5.69 Å². The maximum absolute atomic E-state index is 11.6. The van der Waals surface area contributed by atoms with Crippen LogP contribution in [0.25, 0.3) is 0 Å². The number of nitro benzene ring substituents is 1. The third-order valence-corrected chi connectivity index (χ3v) is 6.37. The zero-order valence-electron chi connectivity index (χ0n) is 16.2. The number of pyridine rings is 1. The lowest BCUT2D eigenvalue weighted by atomic mass is 9.94. The van der Waals surface area contributed by atoms with Crippen LogP contribution in [0.5, 0.6) is 11.5 Å². The van der Waals surface area contributed by atoms with Gasteiger partial charge in [-0.05, 0) is 37.1 Å². The summed E-state index contributed by atoms with van der Waals surface area (Å²) in [7, 11) is 0. The summed E-state index contributed by atoms with van der Waals surface area (Å²) >= 11 is 1.70. The molecule has 1 aromatic carbocycles. The molecule has 2 aliphatic rings. The highest BCUT2D eigenvalue weighted by molar-refractivity contribution is 8.14. The number of hydrogen-bond donors (Lipinski definition) is 1. The van der Waals surface area contributed by atoms with Crippen LogP contribution >= 0.6 is 11.8 Å². The topological polar surface area (TPSA) is 101 Å². The lowest BCUT2D eigenvalue weighted by molar-refractivity contribution is -0.386. The largest absolute Gasteiger partial charge is 0.500 e. The van der Waals surface area contributed by atoms with Crippen LogP contribution in [0.1, 0.15) is 43.6 Å². The molecule has 0 aliphatic carbocycles. The second-order valence-electron chi connectivity index (χ2n) is 6.91. The van der Waals surface area contributed by atoms with Crippen LogP contribution in [0.15, 0.2) is 41.5 Å². The number of nitro groups is 1. The summed E-state index contributed by atoms with van der Waals surface area (Å²) < 4.78 is 5.50. The Bertz CT molecular complexity index is 953. The molecule has 3 atom stereocenters. The standard InChI is InChI=1S/C20H22N4O4S/c1-3-13-11-29-20-22-17(14-7-5-6-8-21-14)18(23(13)20)12-9-15(24(26)27)19(25)16(10-12)28-4-2/h5-10,13,17-18,25H,3-4,11H2,1-2H3/t13-,17-,18-/m1/s1. The van der Waals surface area contributed by atoms with Crippen LogP contribution in [-0.4, -0.2) is 43.5 Å². The predicted molar refractivity (Wildman–Crippen MR) is 111 cm³/mol. The van der Waals surface area contributed by atoms with E-state index in [4.69, 9.17) is 9.73 Å². The molecular weight excluding hydrogens is 392 g/mol. The summed E-state index contributed by atoms with van der Waals surface area (Å²) in [6.07, 6.45) is 2.67. The van der Waals surface area contributed by atoms with Crippen LogP contribution < -0.4 is 4.74 Å². The summed E-state index contributed by atoms with van der Waals surface area (Å²) in [6.45, 7) is 4.20. The Morgan fingerprint density at radius 2 is 2.21 bits per heavy atom. The fourth-order valence-corrected chi connectivity index (χ4v) is 5.24. The summed E-state index contributed by atoms with van der Waals surface area (Å²) in [5, 5.41) is 22.8. The predicted octanol–water partition coefficient (Wildman–Crippen LogP) is 4.07. The summed E-state index contributed by atoms with van der Waals surface area (Å²) in [4.78, 5) is 22.7. The molecule has 29 heavy (non-hydrogen) atoms. The molecule has 152 valence electrons. The van der Waals surface area contributed by atoms with Gasteiger partial charge in [-0.2, -0.15) is 0 Å². The molecule has 1 saturated heterocycles. The fraction of sp³-hybridized carbons (Fsp3) is 0.400. The van der Waals surface area contributed by atoms with Gasteiger partial charge < -0.3 is 14.7 Å². The first-order valence-electron chi connectivity index (χ1n) is 9.59. The molecule has 2 aromatic rings. The Morgan fingerprint density at radius 3 is 2.86 bits per heavy atom. The van der Waals surface area contributed by atoms with E-state index in [1.807, 2.05) is 18.2 Å². The second-order valence-corrected chi connectivity index (χ2v) is 7.90. The first-order chi connectivity index (χ1) is 14.0. The Morgan fingerprint density at radius 1 is 1.38 bits per heavy atom. The number of benzene rings is 1. The summed E-state index contributed by atoms with van der Waals surface area (Å²) in [6, 6.07) is 8.56. The van der Waals surface area contributed by atoms with Crippen molar-refractivity contribution < 1.29 is 14.8 Å². The number of hydrogen-bond acceptors (Lipinski definition) is 8. The van der Waals surface area contributed by atoms with Crippen molar-refractivity contribution in [3.05, 3.63) is 57.9 Å². The first kappa shape index (κ1) is 19.5. The van der Waals surface area contributed by atoms with Gasteiger partial charge in [0.2, 0.25) is 5.75 Å². The number of nitrogens with zero attached hydrogens (tertiary/aromatic N) is 4. The molecule has 0 radical (unpaired) electrons. The lowest BCUT2D eigenvalue weighted by Gasteiger charge is -2.32. The molecule has 8 nitrogen and oxygen atoms in total. The lowest BCUT2D eigenvalue weighted by Crippen LogP contribution is -2.35. The van der Waals surface area contributed by atoms with E-state index in [-0.39, 0.29) is 29.6 Å². The highest BCUT2D eigenvalue weighted by Crippen LogP contribution is 2.50. The molecule has 0 saturated carbocycles. The van der Waals surface area contributed by atoms with E-state index in [2.05, 4.69) is 16.8 Å². The smallest absolute Gasteiger partial charge is 0.315 e. The Kier molecular flexibility index (Phi) is 5.31. The quantitative estimate of drug-likeness (QED) is 0.561. The number of amidine groups is 1. The zero-order chi connectivity index (χ0) is 20.5. The van der Waals surface area contributed by atoms with Gasteiger partial charge in [0.1, 0.15) is 6.04 Å². The van der Waals surface area contributed by atoms with E-state index in [0.29, 0.717) is 12.2 Å². The van der Waals surface area contributed by atoms with Crippen molar-refractivity contribution in [3.63, 3.8) is 0 Å². The molecule has 1 N–H and O–H groups in total. The van der Waals surface area contributed by atoms with Gasteiger partial charge in [-0.1, -0.05) is 24.8 Å². The van der Waals surface area contributed by atoms with E-state index < -0.39 is 10.7 Å². The number of thioether (sulfide) groups is 1. The van der Waals surface area contributed by atoms with Gasteiger partial charge in [-0.25, -0.2) is 0 Å². The van der Waals surface area contributed by atoms with Gasteiger partial charge in [0.15, 0.2) is 10.9 Å². The number of aliphatic imine (C=N–C) groups is 1. The zero-order valence-corrected chi connectivity index (χ0v) is 17.0. The third kappa shape index (κ3) is 3.39. The Labute approximate surface area is 172 Å². The van der Waals surface area contributed by atoms with Crippen molar-refractivity contribution in [2.75, 3.05) is 12.4 Å². The minimum absolute atomic E-state index is 0.116. The normalized spacial score (nSPS) is 23.0. The summed E-state index contributed by atoms with van der Waals surface area (Å²) in [5.41, 5.74) is 1.14. The van der Waals surface area contributed by atoms with E-state index in [1.54, 1.807) is 30.9 Å². The number of rotatable bonds is 6. The van der Waals surface area contributed by atoms with Gasteiger partial charge in [0, 0.05) is 24.1 Å². The number of phenols is 1. The third-order valence-electron chi connectivity index (χ3n) is 5.24. The van der Waals surface area contributed by atoms with Crippen LogP contribution in [0.2, 0.25) is 0 Å². The first-order valence-corrected chi connectivity index (χ1v) is 10.6. The van der Waals surface area contributed by atoms with Crippen molar-refractivity contribution in [3.8, 4) is 11.5 Å². The molecule has 1 aromatic heterocycles. The minimum Gasteiger partial charge on any atom is -0.500 e. The van der Waals surface area contributed by atoms with Crippen LogP contribution in [0.4, 0.5) is 5.69 Å². The maximum Gasteiger partial charge on any atom is 0.315 e. The number of aromatic hydroxyl groups is 1. The van der Waals surface area contributed by atoms with Gasteiger partial charge in [0.05, 0.1) is 23.3 Å². The molecule has 0 bridgehead atoms. The number of phenolic OH excluding ortho intramolecular Hbond substituents is 1. The maximum atomic E-state index is 11.6. The van der Waals surface area contributed by atoms with Gasteiger partial charge in [-0.15, -0.1) is 0 Å². The SMILES string of the molecule is CCOc1cc([C@@H]2[C@@H](c3ccccn3)N=C3SC[C@@H](CC)N32)cc([N+](=O)[O-])c1O. The Balaban J connectivity index is 1.86. The number of ether oxygens (including phenoxy) is 1. The van der Waals surface area contributed by atoms with Crippen LogP contribution in [0.3, 0.4) is 0 Å². The van der Waals surface area contributed by atoms with Crippen molar-refractivity contribution in [2.24, 2.45) is 4.99 Å². The van der Waals surface area contributed by atoms with Gasteiger partial charge in [-0.3, -0.25) is 20.1 Å². The van der Waals surface area contributed by atoms with Crippen molar-refractivity contribution in [1.29, 1.82) is 0 Å². The van der Waals surface area contributed by atoms with Crippen molar-refractivity contribution in [1.82, 2.24) is 9.88 Å². The average Bonchev–Trinajstić information content (AvgIpc) is 3.29.